The molecule has 0 amide bonds. The molecule has 0 saturated carbocycles. The molecule has 0 aromatic heterocycles. The second kappa shape index (κ2) is 13.9. The SMILES string of the molecule is CCCCCCNCCCCCCOc1ccc(C(=O)c2ccccc2C)cc1. The summed E-state index contributed by atoms with van der Waals surface area (Å²) in [7, 11) is 0. The third-order valence-electron chi connectivity index (χ3n) is 5.23. The van der Waals surface area contributed by atoms with Crippen LogP contribution in [0.3, 0.4) is 0 Å². The molecule has 0 atom stereocenters. The molecular formula is C26H37NO2. The van der Waals surface area contributed by atoms with Gasteiger partial charge in [-0.2, -0.15) is 0 Å². The van der Waals surface area contributed by atoms with Gasteiger partial charge in [-0.1, -0.05) is 63.3 Å². The number of carbonyl (C=O) groups is 1. The average molecular weight is 396 g/mol. The molecule has 0 aliphatic rings. The lowest BCUT2D eigenvalue weighted by Gasteiger charge is -2.08. The summed E-state index contributed by atoms with van der Waals surface area (Å²) in [6.07, 6.45) is 10.1. The third kappa shape index (κ3) is 8.82. The summed E-state index contributed by atoms with van der Waals surface area (Å²) < 4.78 is 5.83. The zero-order valence-corrected chi connectivity index (χ0v) is 18.2. The van der Waals surface area contributed by atoms with Gasteiger partial charge in [0, 0.05) is 11.1 Å². The van der Waals surface area contributed by atoms with E-state index in [0.717, 1.165) is 43.0 Å². The predicted octanol–water partition coefficient (Wildman–Crippen LogP) is 6.34. The van der Waals surface area contributed by atoms with Crippen LogP contribution in [0.15, 0.2) is 48.5 Å². The molecule has 0 fully saturated rings. The van der Waals surface area contributed by atoms with Gasteiger partial charge in [0.1, 0.15) is 5.75 Å². The maximum Gasteiger partial charge on any atom is 0.193 e. The lowest BCUT2D eigenvalue weighted by atomic mass is 9.99. The number of unbranched alkanes of at least 4 members (excludes halogenated alkanes) is 6. The van der Waals surface area contributed by atoms with Gasteiger partial charge in [0.05, 0.1) is 6.61 Å². The van der Waals surface area contributed by atoms with E-state index in [4.69, 9.17) is 4.74 Å². The lowest BCUT2D eigenvalue weighted by Crippen LogP contribution is -2.16. The lowest BCUT2D eigenvalue weighted by molar-refractivity contribution is 0.103. The minimum absolute atomic E-state index is 0.0635. The highest BCUT2D eigenvalue weighted by molar-refractivity contribution is 6.09. The molecule has 0 aliphatic carbocycles. The summed E-state index contributed by atoms with van der Waals surface area (Å²) in [6, 6.07) is 15.2. The van der Waals surface area contributed by atoms with Crippen molar-refractivity contribution in [2.75, 3.05) is 19.7 Å². The maximum absolute atomic E-state index is 12.6. The number of benzene rings is 2. The molecule has 0 spiro atoms. The Kier molecular flexibility index (Phi) is 11.1. The van der Waals surface area contributed by atoms with Crippen molar-refractivity contribution in [2.45, 2.75) is 65.2 Å². The van der Waals surface area contributed by atoms with Gasteiger partial charge in [-0.25, -0.2) is 0 Å². The highest BCUT2D eigenvalue weighted by Gasteiger charge is 2.11. The molecule has 2 aromatic carbocycles. The monoisotopic (exact) mass is 395 g/mol. The zero-order chi connectivity index (χ0) is 20.7. The van der Waals surface area contributed by atoms with E-state index in [-0.39, 0.29) is 5.78 Å². The summed E-state index contributed by atoms with van der Waals surface area (Å²) in [5.74, 6) is 0.897. The zero-order valence-electron chi connectivity index (χ0n) is 18.2. The van der Waals surface area contributed by atoms with Crippen LogP contribution in [-0.2, 0) is 0 Å². The van der Waals surface area contributed by atoms with E-state index in [1.54, 1.807) is 0 Å². The van der Waals surface area contributed by atoms with Crippen LogP contribution in [0.5, 0.6) is 5.75 Å². The number of hydrogen-bond donors (Lipinski definition) is 1. The molecule has 2 aromatic rings. The van der Waals surface area contributed by atoms with Gasteiger partial charge in [0.25, 0.3) is 0 Å². The minimum atomic E-state index is 0.0635. The number of aryl methyl sites for hydroxylation is 1. The number of hydrogen-bond acceptors (Lipinski definition) is 3. The van der Waals surface area contributed by atoms with E-state index in [9.17, 15) is 4.79 Å². The average Bonchev–Trinajstić information content (AvgIpc) is 2.75. The molecule has 3 nitrogen and oxygen atoms in total. The molecule has 0 radical (unpaired) electrons. The molecule has 1 N–H and O–H groups in total. The molecular weight excluding hydrogens is 358 g/mol. The summed E-state index contributed by atoms with van der Waals surface area (Å²) in [4.78, 5) is 12.6. The second-order valence-corrected chi connectivity index (χ2v) is 7.74. The Morgan fingerprint density at radius 1 is 0.828 bits per heavy atom. The molecule has 29 heavy (non-hydrogen) atoms. The second-order valence-electron chi connectivity index (χ2n) is 7.74. The van der Waals surface area contributed by atoms with Gasteiger partial charge in [-0.05, 0) is 69.1 Å². The maximum atomic E-state index is 12.6. The highest BCUT2D eigenvalue weighted by atomic mass is 16.5. The van der Waals surface area contributed by atoms with Gasteiger partial charge in [-0.15, -0.1) is 0 Å². The number of nitrogens with one attached hydrogen (secondary N) is 1. The minimum Gasteiger partial charge on any atom is -0.494 e. The van der Waals surface area contributed by atoms with Crippen LogP contribution >= 0.6 is 0 Å². The normalized spacial score (nSPS) is 10.8. The Morgan fingerprint density at radius 2 is 1.48 bits per heavy atom. The van der Waals surface area contributed by atoms with Crippen LogP contribution in [0.2, 0.25) is 0 Å². The van der Waals surface area contributed by atoms with Crippen molar-refractivity contribution in [1.82, 2.24) is 5.32 Å². The standard InChI is InChI=1S/C26H37NO2/c1-3-4-5-10-19-27-20-11-6-7-12-21-29-24-17-15-23(16-18-24)26(28)25-14-9-8-13-22(25)2/h8-9,13-18,27H,3-7,10-12,19-21H2,1-2H3. The Labute approximate surface area is 176 Å². The summed E-state index contributed by atoms with van der Waals surface area (Å²) >= 11 is 0. The van der Waals surface area contributed by atoms with E-state index < -0.39 is 0 Å². The van der Waals surface area contributed by atoms with Gasteiger partial charge in [0.15, 0.2) is 5.78 Å². The van der Waals surface area contributed by atoms with E-state index in [1.807, 2.05) is 55.5 Å². The van der Waals surface area contributed by atoms with E-state index in [1.165, 1.54) is 44.9 Å². The molecule has 158 valence electrons. The highest BCUT2D eigenvalue weighted by Crippen LogP contribution is 2.18. The third-order valence-corrected chi connectivity index (χ3v) is 5.23. The van der Waals surface area contributed by atoms with Gasteiger partial charge in [0.2, 0.25) is 0 Å². The van der Waals surface area contributed by atoms with E-state index in [0.29, 0.717) is 5.56 Å². The van der Waals surface area contributed by atoms with Crippen LogP contribution in [0, 0.1) is 6.92 Å². The number of carbonyl (C=O) groups excluding carboxylic acids is 1. The fourth-order valence-electron chi connectivity index (χ4n) is 3.38. The Balaban J connectivity index is 1.56. The van der Waals surface area contributed by atoms with Crippen molar-refractivity contribution in [2.24, 2.45) is 0 Å². The fraction of sp³-hybridized carbons (Fsp3) is 0.500. The summed E-state index contributed by atoms with van der Waals surface area (Å²) in [5.41, 5.74) is 2.47. The van der Waals surface area contributed by atoms with Crippen LogP contribution in [0.4, 0.5) is 0 Å². The van der Waals surface area contributed by atoms with E-state index in [2.05, 4.69) is 12.2 Å². The number of ether oxygens (including phenoxy) is 1. The molecule has 0 aliphatic heterocycles. The molecule has 0 unspecified atom stereocenters. The van der Waals surface area contributed by atoms with Gasteiger partial charge >= 0.3 is 0 Å². The van der Waals surface area contributed by atoms with Crippen molar-refractivity contribution in [3.63, 3.8) is 0 Å². The molecule has 2 rings (SSSR count). The van der Waals surface area contributed by atoms with Crippen LogP contribution in [0.25, 0.3) is 0 Å². The first kappa shape index (κ1) is 23.2. The molecule has 0 heterocycles. The molecule has 3 heteroatoms. The van der Waals surface area contributed by atoms with Crippen LogP contribution < -0.4 is 10.1 Å². The number of ketones is 1. The topological polar surface area (TPSA) is 38.3 Å². The van der Waals surface area contributed by atoms with Crippen molar-refractivity contribution < 1.29 is 9.53 Å². The van der Waals surface area contributed by atoms with Gasteiger partial charge in [-0.3, -0.25) is 4.79 Å². The van der Waals surface area contributed by atoms with Crippen LogP contribution in [-0.4, -0.2) is 25.5 Å². The van der Waals surface area contributed by atoms with Crippen molar-refractivity contribution in [3.05, 3.63) is 65.2 Å². The van der Waals surface area contributed by atoms with Crippen molar-refractivity contribution in [1.29, 1.82) is 0 Å². The van der Waals surface area contributed by atoms with Crippen molar-refractivity contribution >= 4 is 5.78 Å². The first-order chi connectivity index (χ1) is 14.2. The Bertz CT molecular complexity index is 709. The Hall–Kier alpha value is -2.13. The van der Waals surface area contributed by atoms with Crippen LogP contribution in [0.1, 0.15) is 79.8 Å². The summed E-state index contributed by atoms with van der Waals surface area (Å²) in [5, 5.41) is 3.53. The molecule has 0 bridgehead atoms. The predicted molar refractivity (Wildman–Crippen MR) is 122 cm³/mol. The smallest absolute Gasteiger partial charge is 0.193 e. The van der Waals surface area contributed by atoms with Gasteiger partial charge < -0.3 is 10.1 Å². The molecule has 0 saturated heterocycles. The van der Waals surface area contributed by atoms with Crippen molar-refractivity contribution in [3.8, 4) is 5.75 Å². The largest absolute Gasteiger partial charge is 0.494 e. The first-order valence-corrected chi connectivity index (χ1v) is 11.3. The van der Waals surface area contributed by atoms with E-state index >= 15 is 0 Å². The number of rotatable bonds is 15. The Morgan fingerprint density at radius 3 is 2.17 bits per heavy atom. The first-order valence-electron chi connectivity index (χ1n) is 11.3. The summed E-state index contributed by atoms with van der Waals surface area (Å²) in [6.45, 7) is 7.23. The quantitative estimate of drug-likeness (QED) is 0.283. The fourth-order valence-corrected chi connectivity index (χ4v) is 3.38.